The Balaban J connectivity index is 2.28. The average molecular weight is 163 g/mol. The third-order valence-electron chi connectivity index (χ3n) is 2.01. The van der Waals surface area contributed by atoms with E-state index in [-0.39, 0.29) is 6.17 Å². The Bertz CT molecular complexity index is 309. The van der Waals surface area contributed by atoms with Crippen LogP contribution in [0.2, 0.25) is 0 Å². The van der Waals surface area contributed by atoms with Gasteiger partial charge in [0.15, 0.2) is 5.22 Å². The number of fused-ring (bicyclic) bond motifs is 1. The van der Waals surface area contributed by atoms with E-state index in [1.807, 2.05) is 6.20 Å². The molecule has 0 aliphatic carbocycles. The quantitative estimate of drug-likeness (QED) is 0.532. The van der Waals surface area contributed by atoms with E-state index in [1.165, 1.54) is 5.57 Å². The smallest absolute Gasteiger partial charge is 0.103 e. The first-order chi connectivity index (χ1) is 5.77. The van der Waals surface area contributed by atoms with Crippen molar-refractivity contribution in [3.63, 3.8) is 0 Å². The van der Waals surface area contributed by atoms with Gasteiger partial charge in [-0.05, 0) is 23.6 Å². The monoisotopic (exact) mass is 163 g/mol. The van der Waals surface area contributed by atoms with Gasteiger partial charge in [-0.25, -0.2) is 0 Å². The zero-order valence-corrected chi connectivity index (χ0v) is 7.18. The van der Waals surface area contributed by atoms with Crippen LogP contribution in [0.1, 0.15) is 13.8 Å². The zero-order valence-electron chi connectivity index (χ0n) is 7.18. The van der Waals surface area contributed by atoms with Crippen LogP contribution < -0.4 is 0 Å². The Morgan fingerprint density at radius 2 is 2.33 bits per heavy atom. The molecule has 1 unspecified atom stereocenters. The number of hydrogen-bond acceptors (Lipinski definition) is 3. The molecular formula is C8H11N4+. The zero-order chi connectivity index (χ0) is 8.55. The van der Waals surface area contributed by atoms with Gasteiger partial charge in [-0.15, -0.1) is 4.70 Å². The molecule has 0 amide bonds. The van der Waals surface area contributed by atoms with Gasteiger partial charge in [-0.3, -0.25) is 0 Å². The highest BCUT2D eigenvalue weighted by atomic mass is 15.6. The molecule has 0 saturated heterocycles. The van der Waals surface area contributed by atoms with Crippen LogP contribution in [-0.4, -0.2) is 10.9 Å². The molecule has 12 heavy (non-hydrogen) atoms. The maximum absolute atomic E-state index is 3.95. The maximum Gasteiger partial charge on any atom is 0.276 e. The van der Waals surface area contributed by atoms with Gasteiger partial charge in [0, 0.05) is 5.11 Å². The first kappa shape index (κ1) is 7.34. The van der Waals surface area contributed by atoms with Gasteiger partial charge in [0.2, 0.25) is 5.22 Å². The highest BCUT2D eigenvalue weighted by Crippen LogP contribution is 2.20. The summed E-state index contributed by atoms with van der Waals surface area (Å²) in [5.74, 6) is 0.541. The molecule has 2 aliphatic heterocycles. The van der Waals surface area contributed by atoms with Gasteiger partial charge in [-0.2, -0.15) is 0 Å². The van der Waals surface area contributed by atoms with Gasteiger partial charge in [0.1, 0.15) is 6.20 Å². The normalized spacial score (nSPS) is 25.8. The lowest BCUT2D eigenvalue weighted by Crippen LogP contribution is -2.16. The Labute approximate surface area is 71.0 Å². The van der Waals surface area contributed by atoms with Crippen LogP contribution in [0.5, 0.6) is 0 Å². The van der Waals surface area contributed by atoms with Gasteiger partial charge < -0.3 is 0 Å². The second kappa shape index (κ2) is 2.62. The molecule has 2 aliphatic rings. The Kier molecular flexibility index (Phi) is 1.60. The Morgan fingerprint density at radius 1 is 1.50 bits per heavy atom. The minimum Gasteiger partial charge on any atom is -0.103 e. The number of hydrogen-bond donors (Lipinski definition) is 0. The highest BCUT2D eigenvalue weighted by molar-refractivity contribution is 5.22. The van der Waals surface area contributed by atoms with Crippen molar-refractivity contribution >= 4 is 0 Å². The summed E-state index contributed by atoms with van der Waals surface area (Å²) < 4.78 is 1.74. The van der Waals surface area contributed by atoms with Crippen molar-refractivity contribution in [2.45, 2.75) is 20.0 Å². The van der Waals surface area contributed by atoms with Crippen LogP contribution in [0.25, 0.3) is 0 Å². The van der Waals surface area contributed by atoms with Crippen LogP contribution in [0.15, 0.2) is 39.5 Å². The van der Waals surface area contributed by atoms with Gasteiger partial charge in [0.05, 0.1) is 0 Å². The van der Waals surface area contributed by atoms with Crippen LogP contribution in [0.4, 0.5) is 0 Å². The first-order valence-electron chi connectivity index (χ1n) is 4.06. The molecule has 0 bridgehead atoms. The predicted octanol–water partition coefficient (Wildman–Crippen LogP) is 2.27. The van der Waals surface area contributed by atoms with Gasteiger partial charge in [0.25, 0.3) is 6.17 Å². The van der Waals surface area contributed by atoms with Crippen LogP contribution in [-0.2, 0) is 0 Å². The molecule has 0 saturated carbocycles. The van der Waals surface area contributed by atoms with Crippen molar-refractivity contribution in [1.29, 1.82) is 0 Å². The molecule has 4 nitrogen and oxygen atoms in total. The molecule has 0 fully saturated rings. The SMILES string of the molecule is CC(C)C1=CC2N=NN=[N+]2C=C1. The van der Waals surface area contributed by atoms with E-state index < -0.39 is 0 Å². The number of nitrogens with zero attached hydrogens (tertiary/aromatic N) is 4. The van der Waals surface area contributed by atoms with E-state index in [0.29, 0.717) is 5.92 Å². The van der Waals surface area contributed by atoms with E-state index in [1.54, 1.807) is 4.70 Å². The lowest BCUT2D eigenvalue weighted by Gasteiger charge is -2.10. The second-order valence-corrected chi connectivity index (χ2v) is 3.23. The second-order valence-electron chi connectivity index (χ2n) is 3.23. The standard InChI is InChI=1S/C8H11N4/c1-6(2)7-3-4-12-8(5-7)9-10-11-12/h3-6,8H,1-2H3/q+1. The molecule has 0 radical (unpaired) electrons. The average Bonchev–Trinajstić information content (AvgIpc) is 2.49. The summed E-state index contributed by atoms with van der Waals surface area (Å²) in [5.41, 5.74) is 1.30. The third-order valence-corrected chi connectivity index (χ3v) is 2.01. The van der Waals surface area contributed by atoms with Crippen LogP contribution in [0, 0.1) is 5.92 Å². The summed E-state index contributed by atoms with van der Waals surface area (Å²) >= 11 is 0. The lowest BCUT2D eigenvalue weighted by molar-refractivity contribution is -0.545. The lowest BCUT2D eigenvalue weighted by atomic mass is 10.0. The van der Waals surface area contributed by atoms with E-state index in [0.717, 1.165) is 0 Å². The third kappa shape index (κ3) is 1.09. The van der Waals surface area contributed by atoms with E-state index in [4.69, 9.17) is 0 Å². The van der Waals surface area contributed by atoms with Crippen molar-refractivity contribution in [2.75, 3.05) is 0 Å². The van der Waals surface area contributed by atoms with Gasteiger partial charge >= 0.3 is 0 Å². The summed E-state index contributed by atoms with van der Waals surface area (Å²) in [4.78, 5) is 0. The van der Waals surface area contributed by atoms with Crippen molar-refractivity contribution in [3.8, 4) is 0 Å². The minimum absolute atomic E-state index is 0.00685. The molecule has 0 aromatic rings. The molecule has 2 rings (SSSR count). The molecule has 4 heteroatoms. The summed E-state index contributed by atoms with van der Waals surface area (Å²) in [7, 11) is 0. The van der Waals surface area contributed by atoms with Crippen molar-refractivity contribution in [1.82, 2.24) is 0 Å². The summed E-state index contributed by atoms with van der Waals surface area (Å²) in [6.45, 7) is 4.32. The predicted molar refractivity (Wildman–Crippen MR) is 43.4 cm³/mol. The summed E-state index contributed by atoms with van der Waals surface area (Å²) in [6, 6.07) is 0. The first-order valence-corrected chi connectivity index (χ1v) is 4.06. The highest BCUT2D eigenvalue weighted by Gasteiger charge is 2.25. The Morgan fingerprint density at radius 3 is 3.08 bits per heavy atom. The van der Waals surface area contributed by atoms with Crippen LogP contribution >= 0.6 is 0 Å². The molecule has 1 atom stereocenters. The van der Waals surface area contributed by atoms with E-state index in [2.05, 4.69) is 41.6 Å². The molecular weight excluding hydrogens is 152 g/mol. The number of allylic oxidation sites excluding steroid dienone is 2. The fourth-order valence-electron chi connectivity index (χ4n) is 1.23. The molecule has 62 valence electrons. The topological polar surface area (TPSA) is 40.1 Å². The summed E-state index contributed by atoms with van der Waals surface area (Å²) in [5, 5.41) is 11.4. The summed E-state index contributed by atoms with van der Waals surface area (Å²) in [6.07, 6.45) is 6.07. The largest absolute Gasteiger partial charge is 0.276 e. The molecule has 0 aromatic heterocycles. The number of rotatable bonds is 1. The van der Waals surface area contributed by atoms with Crippen LogP contribution in [0.3, 0.4) is 0 Å². The molecule has 2 heterocycles. The molecule has 0 spiro atoms. The van der Waals surface area contributed by atoms with Crippen molar-refractivity contribution < 1.29 is 4.70 Å². The fourth-order valence-corrected chi connectivity index (χ4v) is 1.23. The fraction of sp³-hybridized carbons (Fsp3) is 0.500. The minimum atomic E-state index is 0.00685. The molecule has 0 N–H and O–H groups in total. The molecule has 0 aromatic carbocycles. The van der Waals surface area contributed by atoms with Crippen molar-refractivity contribution in [3.05, 3.63) is 23.9 Å². The van der Waals surface area contributed by atoms with Crippen molar-refractivity contribution in [2.24, 2.45) is 21.5 Å². The Hall–Kier alpha value is -1.32. The van der Waals surface area contributed by atoms with E-state index in [9.17, 15) is 0 Å². The van der Waals surface area contributed by atoms with Gasteiger partial charge in [-0.1, -0.05) is 13.8 Å². The van der Waals surface area contributed by atoms with E-state index >= 15 is 0 Å². The maximum atomic E-state index is 3.95.